The molecule has 6 heteroatoms. The number of carboxylic acid groups (broad SMARTS) is 2. The maximum Gasteiger partial charge on any atom is 0.335 e. The van der Waals surface area contributed by atoms with Crippen LogP contribution in [-0.4, -0.2) is 58.8 Å². The highest BCUT2D eigenvalue weighted by atomic mass is 16.4. The van der Waals surface area contributed by atoms with E-state index in [2.05, 4.69) is 64.8 Å². The second kappa shape index (κ2) is 12.7. The molecule has 0 aromatic heterocycles. The van der Waals surface area contributed by atoms with Crippen molar-refractivity contribution in [3.8, 4) is 0 Å². The summed E-state index contributed by atoms with van der Waals surface area (Å²) in [6.07, 6.45) is 15.8. The van der Waals surface area contributed by atoms with E-state index in [9.17, 15) is 19.8 Å². The monoisotopic (exact) mass is 687 g/mol. The number of nitrogens with one attached hydrogen (secondary N) is 1. The van der Waals surface area contributed by atoms with Crippen molar-refractivity contribution in [1.29, 1.82) is 0 Å². The van der Waals surface area contributed by atoms with Gasteiger partial charge in [-0.3, -0.25) is 4.79 Å². The van der Waals surface area contributed by atoms with E-state index in [-0.39, 0.29) is 22.3 Å². The van der Waals surface area contributed by atoms with Crippen LogP contribution in [0.2, 0.25) is 0 Å². The van der Waals surface area contributed by atoms with E-state index in [1.807, 2.05) is 12.1 Å². The van der Waals surface area contributed by atoms with Crippen molar-refractivity contribution >= 4 is 17.5 Å². The maximum absolute atomic E-state index is 11.6. The molecule has 6 aliphatic rings. The summed E-state index contributed by atoms with van der Waals surface area (Å²) in [5, 5.41) is 23.3. The number of likely N-dealkylation sites (tertiary alicyclic amines) is 1. The van der Waals surface area contributed by atoms with Crippen LogP contribution in [0.25, 0.3) is 5.57 Å². The van der Waals surface area contributed by atoms with E-state index in [4.69, 9.17) is 0 Å². The van der Waals surface area contributed by atoms with Gasteiger partial charge in [0, 0.05) is 18.6 Å². The first-order chi connectivity index (χ1) is 23.6. The molecule has 50 heavy (non-hydrogen) atoms. The van der Waals surface area contributed by atoms with Gasteiger partial charge in [0.05, 0.1) is 11.5 Å². The minimum absolute atomic E-state index is 0.0273. The van der Waals surface area contributed by atoms with E-state index in [0.717, 1.165) is 63.2 Å². The summed E-state index contributed by atoms with van der Waals surface area (Å²) in [5.74, 6) is 2.62. The number of aliphatic carboxylic acids is 1. The highest BCUT2D eigenvalue weighted by molar-refractivity contribution is 5.88. The Morgan fingerprint density at radius 2 is 1.54 bits per heavy atom. The molecule has 0 amide bonds. The number of hydrogen-bond acceptors (Lipinski definition) is 4. The van der Waals surface area contributed by atoms with Crippen LogP contribution in [0.15, 0.2) is 30.3 Å². The van der Waals surface area contributed by atoms with E-state index in [1.165, 1.54) is 62.5 Å². The number of benzene rings is 1. The molecular formula is C44H66N2O4. The third-order valence-electron chi connectivity index (χ3n) is 17.2. The summed E-state index contributed by atoms with van der Waals surface area (Å²) >= 11 is 0. The summed E-state index contributed by atoms with van der Waals surface area (Å²) in [6.45, 7) is 21.9. The highest BCUT2D eigenvalue weighted by Gasteiger charge is 2.70. The number of rotatable bonds is 8. The lowest BCUT2D eigenvalue weighted by Crippen LogP contribution is -2.68. The van der Waals surface area contributed by atoms with E-state index < -0.39 is 11.9 Å². The van der Waals surface area contributed by atoms with Crippen LogP contribution >= 0.6 is 0 Å². The minimum Gasteiger partial charge on any atom is -0.481 e. The normalized spacial score (nSPS) is 41.4. The first kappa shape index (κ1) is 36.2. The van der Waals surface area contributed by atoms with Crippen LogP contribution in [-0.2, 0) is 4.79 Å². The fraction of sp³-hybridized carbons (Fsp3) is 0.773. The Bertz CT molecular complexity index is 1490. The molecule has 0 spiro atoms. The second-order valence-electron chi connectivity index (χ2n) is 19.6. The fourth-order valence-corrected chi connectivity index (χ4v) is 14.5. The molecule has 1 aliphatic heterocycles. The van der Waals surface area contributed by atoms with E-state index in [1.54, 1.807) is 12.1 Å². The predicted octanol–water partition coefficient (Wildman–Crippen LogP) is 9.25. The van der Waals surface area contributed by atoms with Crippen LogP contribution in [0.1, 0.15) is 135 Å². The Hall–Kier alpha value is -2.18. The van der Waals surface area contributed by atoms with Gasteiger partial charge in [-0.15, -0.1) is 0 Å². The Balaban J connectivity index is 1.13. The zero-order valence-corrected chi connectivity index (χ0v) is 32.2. The van der Waals surface area contributed by atoms with Gasteiger partial charge in [0.15, 0.2) is 0 Å². The molecule has 1 aromatic rings. The van der Waals surface area contributed by atoms with Crippen molar-refractivity contribution in [3.05, 3.63) is 41.5 Å². The van der Waals surface area contributed by atoms with Crippen LogP contribution in [0, 0.1) is 63.1 Å². The van der Waals surface area contributed by atoms with Crippen molar-refractivity contribution in [3.63, 3.8) is 0 Å². The van der Waals surface area contributed by atoms with E-state index >= 15 is 0 Å². The molecule has 0 bridgehead atoms. The fourth-order valence-electron chi connectivity index (χ4n) is 14.5. The molecule has 5 fully saturated rings. The van der Waals surface area contributed by atoms with Crippen molar-refractivity contribution in [1.82, 2.24) is 10.2 Å². The van der Waals surface area contributed by atoms with Gasteiger partial charge in [-0.05, 0) is 164 Å². The molecule has 9 atom stereocenters. The molecule has 276 valence electrons. The van der Waals surface area contributed by atoms with Gasteiger partial charge < -0.3 is 20.4 Å². The number of piperidine rings is 1. The van der Waals surface area contributed by atoms with Crippen LogP contribution in [0.4, 0.5) is 0 Å². The van der Waals surface area contributed by atoms with E-state index in [0.29, 0.717) is 34.1 Å². The van der Waals surface area contributed by atoms with Crippen molar-refractivity contribution in [2.24, 2.45) is 63.1 Å². The van der Waals surface area contributed by atoms with Crippen LogP contribution < -0.4 is 5.32 Å². The maximum atomic E-state index is 11.6. The lowest BCUT2D eigenvalue weighted by molar-refractivity contribution is -0.221. The standard InChI is InChI=1S/C44H66N2O4/c1-28(2)32-14-21-44(45-24-27-46-25-17-31(18-26-46)39(49)50)23-22-42(6)34(37(32)44)12-13-36-41(5)19-15-33(29-8-10-30(11-9-29)38(47)48)40(3,4)35(41)16-20-43(36,42)7/h8-11,15,28,31-32,34-37,45H,12-14,16-27H2,1-7H3,(H,47,48)(H,49,50)/t32-,34+,35-,36+,37+,41-,42+,43+,44-/m0/s1. The second-order valence-corrected chi connectivity index (χ2v) is 19.6. The number of allylic oxidation sites excluding steroid dienone is 2. The van der Waals surface area contributed by atoms with Gasteiger partial charge >= 0.3 is 11.9 Å². The Kier molecular flexibility index (Phi) is 9.23. The van der Waals surface area contributed by atoms with Crippen LogP contribution in [0.5, 0.6) is 0 Å². The minimum atomic E-state index is -0.862. The molecule has 0 unspecified atom stereocenters. The van der Waals surface area contributed by atoms with Crippen molar-refractivity contribution < 1.29 is 19.8 Å². The quantitative estimate of drug-likeness (QED) is 0.253. The first-order valence-electron chi connectivity index (χ1n) is 20.3. The third-order valence-corrected chi connectivity index (χ3v) is 17.2. The average Bonchev–Trinajstić information content (AvgIpc) is 3.45. The average molecular weight is 687 g/mol. The lowest BCUT2D eigenvalue weighted by Gasteiger charge is -2.72. The lowest BCUT2D eigenvalue weighted by atomic mass is 9.33. The van der Waals surface area contributed by atoms with Gasteiger partial charge in [-0.25, -0.2) is 4.79 Å². The number of fused-ring (bicyclic) bond motifs is 7. The molecule has 1 aromatic carbocycles. The topological polar surface area (TPSA) is 89.9 Å². The van der Waals surface area contributed by atoms with Crippen molar-refractivity contribution in [2.75, 3.05) is 26.2 Å². The van der Waals surface area contributed by atoms with Crippen LogP contribution in [0.3, 0.4) is 0 Å². The molecule has 1 heterocycles. The Morgan fingerprint density at radius 3 is 2.18 bits per heavy atom. The predicted molar refractivity (Wildman–Crippen MR) is 201 cm³/mol. The molecule has 1 saturated heterocycles. The number of carboxylic acids is 2. The summed E-state index contributed by atoms with van der Waals surface area (Å²) in [6, 6.07) is 7.63. The molecule has 6 nitrogen and oxygen atoms in total. The Morgan fingerprint density at radius 1 is 0.840 bits per heavy atom. The summed E-state index contributed by atoms with van der Waals surface area (Å²) in [5.41, 5.74) is 4.12. The summed E-state index contributed by atoms with van der Waals surface area (Å²) in [4.78, 5) is 25.6. The molecule has 5 aliphatic carbocycles. The zero-order valence-electron chi connectivity index (χ0n) is 32.2. The van der Waals surface area contributed by atoms with Gasteiger partial charge in [0.25, 0.3) is 0 Å². The molecule has 3 N–H and O–H groups in total. The van der Waals surface area contributed by atoms with Gasteiger partial charge in [0.2, 0.25) is 0 Å². The zero-order chi connectivity index (χ0) is 35.9. The van der Waals surface area contributed by atoms with Gasteiger partial charge in [0.1, 0.15) is 0 Å². The summed E-state index contributed by atoms with van der Waals surface area (Å²) < 4.78 is 0. The Labute approximate surface area is 302 Å². The molecule has 7 rings (SSSR count). The van der Waals surface area contributed by atoms with Crippen molar-refractivity contribution in [2.45, 2.75) is 125 Å². The van der Waals surface area contributed by atoms with Gasteiger partial charge in [-0.2, -0.15) is 0 Å². The number of hydrogen-bond donors (Lipinski definition) is 3. The molecule has 0 radical (unpaired) electrons. The van der Waals surface area contributed by atoms with Gasteiger partial charge in [-0.1, -0.05) is 66.7 Å². The number of nitrogens with zero attached hydrogens (tertiary/aromatic N) is 1. The smallest absolute Gasteiger partial charge is 0.335 e. The molecular weight excluding hydrogens is 620 g/mol. The SMILES string of the molecule is CC(C)[C@@H]1CC[C@]2(NCCN3CCC(C(=O)O)CC3)CC[C@]3(C)[C@H](CC[C@@H]4[C@@]5(C)CC=C(c6ccc(C(=O)O)cc6)C(C)(C)[C@@H]5CC[C@]43C)[C@@H]12. The highest BCUT2D eigenvalue weighted by Crippen LogP contribution is 2.76. The molecule has 4 saturated carbocycles. The first-order valence-corrected chi connectivity index (χ1v) is 20.3. The third kappa shape index (κ3) is 5.46. The number of aromatic carboxylic acids is 1. The summed E-state index contributed by atoms with van der Waals surface area (Å²) in [7, 11) is 0. The largest absolute Gasteiger partial charge is 0.481 e. The number of carbonyl (C=O) groups is 2.